The molecule has 0 aliphatic carbocycles. The van der Waals surface area contributed by atoms with Crippen LogP contribution in [0.15, 0.2) is 60.7 Å². The minimum absolute atomic E-state index is 0.00625. The highest BCUT2D eigenvalue weighted by molar-refractivity contribution is 6.10. The van der Waals surface area contributed by atoms with Crippen LogP contribution in [0.3, 0.4) is 0 Å². The molecule has 0 spiro atoms. The minimum atomic E-state index is -1.21. The number of amides is 1. The Kier molecular flexibility index (Phi) is 11.5. The zero-order chi connectivity index (χ0) is 34.1. The number of carboxylic acid groups (broad SMARTS) is 3. The Morgan fingerprint density at radius 1 is 0.702 bits per heavy atom. The van der Waals surface area contributed by atoms with E-state index in [0.29, 0.717) is 30.9 Å². The van der Waals surface area contributed by atoms with Crippen LogP contribution in [0.5, 0.6) is 0 Å². The number of hydrogen-bond acceptors (Lipinski definition) is 9. The van der Waals surface area contributed by atoms with E-state index in [-0.39, 0.29) is 19.6 Å². The molecule has 3 aromatic carbocycles. The summed E-state index contributed by atoms with van der Waals surface area (Å²) in [7, 11) is 2.01. The summed E-state index contributed by atoms with van der Waals surface area (Å²) in [6.45, 7) is -0.815. The van der Waals surface area contributed by atoms with Gasteiger partial charge in [-0.05, 0) is 55.0 Å². The highest BCUT2D eigenvalue weighted by Gasteiger charge is 2.22. The molecule has 4 rings (SSSR count). The monoisotopic (exact) mass is 646 g/mol. The lowest BCUT2D eigenvalue weighted by Crippen LogP contribution is -2.45. The van der Waals surface area contributed by atoms with E-state index < -0.39 is 43.4 Å². The first-order chi connectivity index (χ1) is 22.4. The van der Waals surface area contributed by atoms with Gasteiger partial charge in [0.15, 0.2) is 0 Å². The van der Waals surface area contributed by atoms with Crippen molar-refractivity contribution in [2.24, 2.45) is 7.05 Å². The molecule has 1 amide bonds. The van der Waals surface area contributed by atoms with Crippen LogP contribution in [0.2, 0.25) is 0 Å². The van der Waals surface area contributed by atoms with Crippen molar-refractivity contribution in [2.75, 3.05) is 69.1 Å². The lowest BCUT2D eigenvalue weighted by molar-refractivity contribution is -0.632. The number of nitrogens with two attached hydrogens (primary N) is 2. The second-order valence-corrected chi connectivity index (χ2v) is 11.3. The first-order valence-electron chi connectivity index (χ1n) is 15.0. The number of fused-ring (bicyclic) bond motifs is 3. The van der Waals surface area contributed by atoms with Gasteiger partial charge in [0.05, 0.1) is 37.0 Å². The van der Waals surface area contributed by atoms with E-state index in [1.54, 1.807) is 0 Å². The van der Waals surface area contributed by atoms with E-state index in [1.165, 1.54) is 4.90 Å². The van der Waals surface area contributed by atoms with Crippen molar-refractivity contribution in [1.82, 2.24) is 15.1 Å². The summed E-state index contributed by atoms with van der Waals surface area (Å²) in [4.78, 5) is 48.3. The molecule has 0 aliphatic rings. The zero-order valence-electron chi connectivity index (χ0n) is 26.1. The Morgan fingerprint density at radius 3 is 1.85 bits per heavy atom. The summed E-state index contributed by atoms with van der Waals surface area (Å²) in [5, 5.41) is 36.5. The van der Waals surface area contributed by atoms with Crippen molar-refractivity contribution in [3.8, 4) is 11.3 Å². The van der Waals surface area contributed by atoms with Gasteiger partial charge in [-0.15, -0.1) is 0 Å². The maximum atomic E-state index is 12.5. The van der Waals surface area contributed by atoms with Gasteiger partial charge >= 0.3 is 17.9 Å². The van der Waals surface area contributed by atoms with E-state index in [1.807, 2.05) is 67.7 Å². The van der Waals surface area contributed by atoms with Gasteiger partial charge in [-0.2, -0.15) is 4.57 Å². The van der Waals surface area contributed by atoms with Crippen molar-refractivity contribution in [3.63, 3.8) is 0 Å². The molecule has 0 saturated heterocycles. The van der Waals surface area contributed by atoms with Crippen LogP contribution in [-0.2, 0) is 26.2 Å². The van der Waals surface area contributed by atoms with Gasteiger partial charge in [-0.3, -0.25) is 29.0 Å². The number of aromatic nitrogens is 1. The number of aryl methyl sites for hydroxylation is 1. The molecule has 0 atom stereocenters. The van der Waals surface area contributed by atoms with Crippen molar-refractivity contribution in [2.45, 2.75) is 6.42 Å². The summed E-state index contributed by atoms with van der Waals surface area (Å²) in [5.74, 6) is -3.96. The van der Waals surface area contributed by atoms with E-state index >= 15 is 0 Å². The highest BCUT2D eigenvalue weighted by Crippen LogP contribution is 2.33. The normalized spacial score (nSPS) is 11.3. The van der Waals surface area contributed by atoms with Gasteiger partial charge < -0.3 is 37.4 Å². The molecule has 47 heavy (non-hydrogen) atoms. The van der Waals surface area contributed by atoms with Gasteiger partial charge in [0.2, 0.25) is 17.1 Å². The number of aliphatic carboxylic acids is 3. The average molecular weight is 647 g/mol. The number of carbonyl (C=O) groups excluding carboxylic acids is 1. The quantitative estimate of drug-likeness (QED) is 0.0375. The highest BCUT2D eigenvalue weighted by atomic mass is 16.4. The van der Waals surface area contributed by atoms with E-state index in [2.05, 4.69) is 15.2 Å². The van der Waals surface area contributed by atoms with E-state index in [9.17, 15) is 24.3 Å². The summed E-state index contributed by atoms with van der Waals surface area (Å²) < 4.78 is 2.12. The largest absolute Gasteiger partial charge is 0.480 e. The Bertz CT molecular complexity index is 1760. The van der Waals surface area contributed by atoms with E-state index in [0.717, 1.165) is 43.5 Å². The molecule has 1 heterocycles. The van der Waals surface area contributed by atoms with Crippen LogP contribution in [-0.4, -0.2) is 101 Å². The first kappa shape index (κ1) is 34.4. The van der Waals surface area contributed by atoms with Gasteiger partial charge in [-0.25, -0.2) is 0 Å². The predicted octanol–water partition coefficient (Wildman–Crippen LogP) is 1.42. The van der Waals surface area contributed by atoms with Crippen molar-refractivity contribution in [1.29, 1.82) is 0 Å². The van der Waals surface area contributed by atoms with Crippen molar-refractivity contribution >= 4 is 62.6 Å². The standard InChI is InChI=1S/C33H39N7O7/c1-38-28-16-23(35)6-10-26(28)25-9-5-22(34)15-27(25)33(38)21-3-7-24(8-4-21)36-11-2-12-37-29(41)17-39(18-30(42)43)13-14-40(19-31(44)45)20-32(46)47/h3-10,15-16H,2,11-14,17-20,34H2,1H3,(H6,35,36,37,41,42,43,44,45,46,47)/p+1. The summed E-state index contributed by atoms with van der Waals surface area (Å²) >= 11 is 0. The number of pyridine rings is 1. The van der Waals surface area contributed by atoms with Crippen LogP contribution in [0.4, 0.5) is 17.1 Å². The Hall–Kier alpha value is -5.47. The smallest absolute Gasteiger partial charge is 0.317 e. The van der Waals surface area contributed by atoms with Crippen LogP contribution >= 0.6 is 0 Å². The number of nitrogens with one attached hydrogen (secondary N) is 2. The fourth-order valence-electron chi connectivity index (χ4n) is 5.54. The number of nitrogens with zero attached hydrogens (tertiary/aromatic N) is 3. The van der Waals surface area contributed by atoms with Gasteiger partial charge in [0.25, 0.3) is 0 Å². The summed E-state index contributed by atoms with van der Waals surface area (Å²) in [5.41, 5.74) is 17.6. The molecule has 1 aromatic heterocycles. The molecule has 0 fully saturated rings. The van der Waals surface area contributed by atoms with Crippen molar-refractivity contribution in [3.05, 3.63) is 60.7 Å². The summed E-state index contributed by atoms with van der Waals surface area (Å²) in [6.07, 6.45) is 0.600. The molecular formula is C33H40N7O7+. The molecule has 0 radical (unpaired) electrons. The molecule has 9 N–H and O–H groups in total. The van der Waals surface area contributed by atoms with E-state index in [4.69, 9.17) is 21.7 Å². The number of rotatable bonds is 17. The second kappa shape index (κ2) is 15.7. The van der Waals surface area contributed by atoms with Crippen molar-refractivity contribution < 1.29 is 39.1 Å². The predicted molar refractivity (Wildman–Crippen MR) is 179 cm³/mol. The molecule has 0 bridgehead atoms. The minimum Gasteiger partial charge on any atom is -0.480 e. The van der Waals surface area contributed by atoms with Gasteiger partial charge in [-0.1, -0.05) is 6.07 Å². The summed E-state index contributed by atoms with van der Waals surface area (Å²) in [6, 6.07) is 19.8. The van der Waals surface area contributed by atoms with Gasteiger partial charge in [0.1, 0.15) is 7.05 Å². The number of nitrogen functional groups attached to an aromatic ring is 2. The third-order valence-electron chi connectivity index (χ3n) is 7.65. The van der Waals surface area contributed by atoms with Crippen LogP contribution in [0.1, 0.15) is 6.42 Å². The second-order valence-electron chi connectivity index (χ2n) is 11.3. The molecule has 0 saturated carbocycles. The molecule has 0 aliphatic heterocycles. The van der Waals surface area contributed by atoms with Gasteiger partial charge in [0, 0.05) is 60.3 Å². The lowest BCUT2D eigenvalue weighted by Gasteiger charge is -2.24. The third kappa shape index (κ3) is 9.51. The third-order valence-corrected chi connectivity index (χ3v) is 7.65. The molecule has 0 unspecified atom stereocenters. The van der Waals surface area contributed by atoms with Crippen LogP contribution in [0.25, 0.3) is 32.9 Å². The SMILES string of the molecule is C[n+]1c(-c2ccc(NCCCNC(=O)CN(CCN(CC(=O)O)CC(=O)O)CC(=O)O)cc2)c2cc(N)ccc2c2ccc(N)cc21. The molecule has 248 valence electrons. The maximum Gasteiger partial charge on any atom is 0.317 e. The fraction of sp³-hybridized carbons (Fsp3) is 0.303. The molecule has 14 nitrogen and oxygen atoms in total. The fourth-order valence-corrected chi connectivity index (χ4v) is 5.54. The number of benzene rings is 3. The number of carboxylic acids is 3. The number of hydrogen-bond donors (Lipinski definition) is 7. The zero-order valence-corrected chi connectivity index (χ0v) is 26.1. The Balaban J connectivity index is 1.31. The molecule has 4 aromatic rings. The Labute approximate surface area is 271 Å². The molecular weight excluding hydrogens is 606 g/mol. The lowest BCUT2D eigenvalue weighted by atomic mass is 9.98. The number of carbonyl (C=O) groups is 4. The average Bonchev–Trinajstić information content (AvgIpc) is 2.99. The van der Waals surface area contributed by atoms with Crippen LogP contribution < -0.4 is 26.7 Å². The van der Waals surface area contributed by atoms with Crippen LogP contribution in [0, 0.1) is 0 Å². The number of anilines is 3. The maximum absolute atomic E-state index is 12.5. The topological polar surface area (TPSA) is 215 Å². The molecule has 14 heteroatoms. The first-order valence-corrected chi connectivity index (χ1v) is 15.0. The Morgan fingerprint density at radius 2 is 1.26 bits per heavy atom.